The number of carbonyl (C=O) groups is 2. The number of aryl methyl sites for hydroxylation is 1. The van der Waals surface area contributed by atoms with Crippen LogP contribution >= 0.6 is 0 Å². The lowest BCUT2D eigenvalue weighted by atomic mass is 9.79. The van der Waals surface area contributed by atoms with Gasteiger partial charge >= 0.3 is 0 Å². The maximum absolute atomic E-state index is 12.0. The number of hydrogen-bond donors (Lipinski definition) is 3. The molecule has 0 heterocycles. The molecule has 2 aliphatic rings. The molecule has 1 aromatic carbocycles. The van der Waals surface area contributed by atoms with E-state index in [1.54, 1.807) is 0 Å². The van der Waals surface area contributed by atoms with Crippen LogP contribution in [0.4, 0.5) is 0 Å². The highest BCUT2D eigenvalue weighted by Gasteiger charge is 2.34. The SMILES string of the molecule is O=C(CNC(=O)C1CCCC1)NCC1(O)CCCc2ccccc21. The van der Waals surface area contributed by atoms with E-state index in [0.717, 1.165) is 49.7 Å². The van der Waals surface area contributed by atoms with Crippen LogP contribution in [-0.2, 0) is 21.6 Å². The average Bonchev–Trinajstić information content (AvgIpc) is 3.13. The van der Waals surface area contributed by atoms with Gasteiger partial charge in [0.25, 0.3) is 0 Å². The van der Waals surface area contributed by atoms with E-state index in [2.05, 4.69) is 10.6 Å². The Morgan fingerprint density at radius 3 is 2.67 bits per heavy atom. The molecule has 0 aliphatic heterocycles. The molecule has 3 N–H and O–H groups in total. The van der Waals surface area contributed by atoms with Crippen LogP contribution in [0.1, 0.15) is 49.7 Å². The second-order valence-corrected chi connectivity index (χ2v) is 7.02. The maximum atomic E-state index is 12.0. The minimum absolute atomic E-state index is 0.0208. The van der Waals surface area contributed by atoms with Crippen LogP contribution in [0, 0.1) is 5.92 Å². The zero-order chi connectivity index (χ0) is 17.0. The van der Waals surface area contributed by atoms with E-state index in [9.17, 15) is 14.7 Å². The molecule has 0 saturated heterocycles. The van der Waals surface area contributed by atoms with Crippen LogP contribution in [-0.4, -0.2) is 30.0 Å². The van der Waals surface area contributed by atoms with Gasteiger partial charge in [-0.25, -0.2) is 0 Å². The summed E-state index contributed by atoms with van der Waals surface area (Å²) < 4.78 is 0. The third kappa shape index (κ3) is 3.78. The summed E-state index contributed by atoms with van der Waals surface area (Å²) in [6, 6.07) is 7.85. The highest BCUT2D eigenvalue weighted by molar-refractivity contribution is 5.85. The van der Waals surface area contributed by atoms with E-state index in [1.807, 2.05) is 24.3 Å². The van der Waals surface area contributed by atoms with Crippen molar-refractivity contribution >= 4 is 11.8 Å². The van der Waals surface area contributed by atoms with Crippen LogP contribution < -0.4 is 10.6 Å². The molecular weight excluding hydrogens is 304 g/mol. The van der Waals surface area contributed by atoms with E-state index in [1.165, 1.54) is 0 Å². The smallest absolute Gasteiger partial charge is 0.239 e. The Balaban J connectivity index is 1.50. The van der Waals surface area contributed by atoms with E-state index < -0.39 is 5.60 Å². The van der Waals surface area contributed by atoms with Gasteiger partial charge in [-0.05, 0) is 43.2 Å². The monoisotopic (exact) mass is 330 g/mol. The Labute approximate surface area is 142 Å². The van der Waals surface area contributed by atoms with E-state index in [0.29, 0.717) is 6.42 Å². The molecule has 1 saturated carbocycles. The van der Waals surface area contributed by atoms with E-state index in [-0.39, 0.29) is 30.8 Å². The summed E-state index contributed by atoms with van der Waals surface area (Å²) in [5.41, 5.74) is 1.04. The minimum Gasteiger partial charge on any atom is -0.383 e. The van der Waals surface area contributed by atoms with Gasteiger partial charge in [0.05, 0.1) is 13.1 Å². The Morgan fingerprint density at radius 1 is 1.12 bits per heavy atom. The number of rotatable bonds is 5. The van der Waals surface area contributed by atoms with Crippen molar-refractivity contribution in [2.24, 2.45) is 5.92 Å². The van der Waals surface area contributed by atoms with Crippen molar-refractivity contribution in [3.05, 3.63) is 35.4 Å². The average molecular weight is 330 g/mol. The van der Waals surface area contributed by atoms with Gasteiger partial charge in [-0.15, -0.1) is 0 Å². The molecule has 2 aliphatic carbocycles. The molecular formula is C19H26N2O3. The van der Waals surface area contributed by atoms with Gasteiger partial charge in [-0.2, -0.15) is 0 Å². The predicted molar refractivity (Wildman–Crippen MR) is 91.3 cm³/mol. The first-order chi connectivity index (χ1) is 11.6. The molecule has 0 spiro atoms. The normalized spacial score (nSPS) is 23.5. The number of hydrogen-bond acceptors (Lipinski definition) is 3. The number of nitrogens with one attached hydrogen (secondary N) is 2. The zero-order valence-electron chi connectivity index (χ0n) is 14.0. The lowest BCUT2D eigenvalue weighted by Crippen LogP contribution is -2.46. The molecule has 0 bridgehead atoms. The van der Waals surface area contributed by atoms with Gasteiger partial charge in [-0.3, -0.25) is 9.59 Å². The summed E-state index contributed by atoms with van der Waals surface area (Å²) in [5.74, 6) is -0.214. The van der Waals surface area contributed by atoms with Crippen molar-refractivity contribution in [3.63, 3.8) is 0 Å². The molecule has 3 rings (SSSR count). The number of amides is 2. The summed E-state index contributed by atoms with van der Waals surface area (Å²) in [5, 5.41) is 16.4. The summed E-state index contributed by atoms with van der Waals surface area (Å²) in [6.45, 7) is 0.162. The van der Waals surface area contributed by atoms with Crippen molar-refractivity contribution in [3.8, 4) is 0 Å². The molecule has 5 heteroatoms. The third-order valence-corrected chi connectivity index (χ3v) is 5.28. The molecule has 0 aromatic heterocycles. The van der Waals surface area contributed by atoms with Gasteiger partial charge in [0, 0.05) is 5.92 Å². The largest absolute Gasteiger partial charge is 0.383 e. The lowest BCUT2D eigenvalue weighted by Gasteiger charge is -2.34. The minimum atomic E-state index is -1.01. The maximum Gasteiger partial charge on any atom is 0.239 e. The standard InChI is InChI=1S/C19H26N2O3/c22-17(12-20-18(23)15-7-1-2-8-15)21-13-19(24)11-5-9-14-6-3-4-10-16(14)19/h3-4,6,10,15,24H,1-2,5,7-9,11-13H2,(H,20,23)(H,21,22). The van der Waals surface area contributed by atoms with Crippen LogP contribution in [0.15, 0.2) is 24.3 Å². The number of benzene rings is 1. The van der Waals surface area contributed by atoms with E-state index >= 15 is 0 Å². The number of fused-ring (bicyclic) bond motifs is 1. The first kappa shape index (κ1) is 17.0. The van der Waals surface area contributed by atoms with Gasteiger partial charge in [0.2, 0.25) is 11.8 Å². The number of carbonyl (C=O) groups excluding carboxylic acids is 2. The molecule has 1 aromatic rings. The fourth-order valence-corrected chi connectivity index (χ4v) is 3.89. The first-order valence-corrected chi connectivity index (χ1v) is 8.94. The van der Waals surface area contributed by atoms with E-state index in [4.69, 9.17) is 0 Å². The quantitative estimate of drug-likeness (QED) is 0.768. The van der Waals surface area contributed by atoms with Crippen molar-refractivity contribution in [2.45, 2.75) is 50.5 Å². The van der Waals surface area contributed by atoms with Crippen LogP contribution in [0.2, 0.25) is 0 Å². The predicted octanol–water partition coefficient (Wildman–Crippen LogP) is 1.63. The Kier molecular flexibility index (Phi) is 5.19. The highest BCUT2D eigenvalue weighted by atomic mass is 16.3. The molecule has 1 unspecified atom stereocenters. The van der Waals surface area contributed by atoms with Crippen LogP contribution in [0.25, 0.3) is 0 Å². The molecule has 1 atom stereocenters. The van der Waals surface area contributed by atoms with Crippen LogP contribution in [0.3, 0.4) is 0 Å². The molecule has 1 fully saturated rings. The second-order valence-electron chi connectivity index (χ2n) is 7.02. The van der Waals surface area contributed by atoms with Gasteiger partial charge in [0.15, 0.2) is 0 Å². The fourth-order valence-electron chi connectivity index (χ4n) is 3.89. The van der Waals surface area contributed by atoms with Gasteiger partial charge in [0.1, 0.15) is 5.60 Å². The Bertz CT molecular complexity index is 610. The van der Waals surface area contributed by atoms with Crippen molar-refractivity contribution in [1.29, 1.82) is 0 Å². The third-order valence-electron chi connectivity index (χ3n) is 5.28. The van der Waals surface area contributed by atoms with Crippen LogP contribution in [0.5, 0.6) is 0 Å². The molecule has 24 heavy (non-hydrogen) atoms. The lowest BCUT2D eigenvalue weighted by molar-refractivity contribution is -0.128. The second kappa shape index (κ2) is 7.34. The fraction of sp³-hybridized carbons (Fsp3) is 0.579. The van der Waals surface area contributed by atoms with Crippen molar-refractivity contribution < 1.29 is 14.7 Å². The van der Waals surface area contributed by atoms with Crippen molar-refractivity contribution in [2.75, 3.05) is 13.1 Å². The summed E-state index contributed by atoms with van der Waals surface area (Å²) in [6.07, 6.45) is 6.53. The van der Waals surface area contributed by atoms with Crippen molar-refractivity contribution in [1.82, 2.24) is 10.6 Å². The zero-order valence-corrected chi connectivity index (χ0v) is 14.0. The Hall–Kier alpha value is -1.88. The first-order valence-electron chi connectivity index (χ1n) is 8.94. The topological polar surface area (TPSA) is 78.4 Å². The highest BCUT2D eigenvalue weighted by Crippen LogP contribution is 2.34. The van der Waals surface area contributed by atoms with Gasteiger partial charge < -0.3 is 15.7 Å². The summed E-state index contributed by atoms with van der Waals surface area (Å²) in [7, 11) is 0. The summed E-state index contributed by atoms with van der Waals surface area (Å²) >= 11 is 0. The molecule has 0 radical (unpaired) electrons. The van der Waals surface area contributed by atoms with Gasteiger partial charge in [-0.1, -0.05) is 37.1 Å². The summed E-state index contributed by atoms with van der Waals surface area (Å²) in [4.78, 5) is 24.0. The Morgan fingerprint density at radius 2 is 1.88 bits per heavy atom. The molecule has 130 valence electrons. The number of aliphatic hydroxyl groups is 1. The molecule has 5 nitrogen and oxygen atoms in total. The molecule has 2 amide bonds.